The standard InChI is InChI=1S/C24H21FO3/c1-16(2)24(27)28-15-18-4-3-5-20(12-18)21-10-11-22(23(25)13-21)19-8-6-17(14-26)7-9-19/h3-13,26H,1,14-15H2,2H3. The van der Waals surface area contributed by atoms with Crippen LogP contribution in [-0.2, 0) is 22.7 Å². The molecule has 0 fully saturated rings. The van der Waals surface area contributed by atoms with Crippen LogP contribution >= 0.6 is 0 Å². The third kappa shape index (κ3) is 4.53. The van der Waals surface area contributed by atoms with Crippen LogP contribution in [0.1, 0.15) is 18.1 Å². The minimum absolute atomic E-state index is 0.0419. The van der Waals surface area contributed by atoms with Crippen LogP contribution < -0.4 is 0 Å². The van der Waals surface area contributed by atoms with E-state index in [9.17, 15) is 9.18 Å². The maximum Gasteiger partial charge on any atom is 0.333 e. The van der Waals surface area contributed by atoms with Crippen molar-refractivity contribution in [1.82, 2.24) is 0 Å². The quantitative estimate of drug-likeness (QED) is 0.471. The topological polar surface area (TPSA) is 46.5 Å². The zero-order chi connectivity index (χ0) is 20.1. The van der Waals surface area contributed by atoms with Gasteiger partial charge >= 0.3 is 5.97 Å². The predicted octanol–water partition coefficient (Wildman–Crippen LogP) is 5.27. The number of ether oxygens (including phenoxy) is 1. The van der Waals surface area contributed by atoms with Crippen molar-refractivity contribution in [3.05, 3.63) is 95.8 Å². The molecule has 0 saturated heterocycles. The zero-order valence-corrected chi connectivity index (χ0v) is 15.6. The van der Waals surface area contributed by atoms with Gasteiger partial charge < -0.3 is 9.84 Å². The molecule has 1 N–H and O–H groups in total. The highest BCUT2D eigenvalue weighted by Gasteiger charge is 2.09. The molecule has 0 heterocycles. The number of halogens is 1. The van der Waals surface area contributed by atoms with Gasteiger partial charge in [0.1, 0.15) is 12.4 Å². The lowest BCUT2D eigenvalue weighted by atomic mass is 9.98. The second-order valence-corrected chi connectivity index (χ2v) is 6.61. The van der Waals surface area contributed by atoms with Crippen molar-refractivity contribution in [3.63, 3.8) is 0 Å². The van der Waals surface area contributed by atoms with Crippen LogP contribution in [0.3, 0.4) is 0 Å². The number of rotatable bonds is 6. The summed E-state index contributed by atoms with van der Waals surface area (Å²) < 4.78 is 19.9. The van der Waals surface area contributed by atoms with Crippen LogP contribution in [-0.4, -0.2) is 11.1 Å². The second-order valence-electron chi connectivity index (χ2n) is 6.61. The molecule has 4 heteroatoms. The van der Waals surface area contributed by atoms with Crippen molar-refractivity contribution in [3.8, 4) is 22.3 Å². The highest BCUT2D eigenvalue weighted by molar-refractivity contribution is 5.86. The van der Waals surface area contributed by atoms with Gasteiger partial charge in [-0.1, -0.05) is 61.2 Å². The Morgan fingerprint density at radius 2 is 1.64 bits per heavy atom. The molecule has 0 spiro atoms. The first-order valence-corrected chi connectivity index (χ1v) is 8.89. The van der Waals surface area contributed by atoms with Crippen LogP contribution in [0.25, 0.3) is 22.3 Å². The molecular weight excluding hydrogens is 355 g/mol. The van der Waals surface area contributed by atoms with Gasteiger partial charge in [0, 0.05) is 11.1 Å². The van der Waals surface area contributed by atoms with Gasteiger partial charge in [0.15, 0.2) is 0 Å². The van der Waals surface area contributed by atoms with E-state index in [1.165, 1.54) is 6.07 Å². The summed E-state index contributed by atoms with van der Waals surface area (Å²) in [4.78, 5) is 11.5. The number of hydrogen-bond donors (Lipinski definition) is 1. The summed E-state index contributed by atoms with van der Waals surface area (Å²) >= 11 is 0. The number of benzene rings is 3. The van der Waals surface area contributed by atoms with Crippen molar-refractivity contribution in [2.75, 3.05) is 0 Å². The molecule has 0 amide bonds. The molecule has 0 aliphatic rings. The average Bonchev–Trinajstić information content (AvgIpc) is 2.72. The minimum Gasteiger partial charge on any atom is -0.457 e. The Kier molecular flexibility index (Phi) is 6.02. The summed E-state index contributed by atoms with van der Waals surface area (Å²) in [5.74, 6) is -0.763. The van der Waals surface area contributed by atoms with Gasteiger partial charge in [-0.3, -0.25) is 0 Å². The molecule has 142 valence electrons. The maximum absolute atomic E-state index is 14.7. The van der Waals surface area contributed by atoms with Crippen molar-refractivity contribution in [2.45, 2.75) is 20.1 Å². The molecule has 0 atom stereocenters. The van der Waals surface area contributed by atoms with Crippen molar-refractivity contribution in [2.24, 2.45) is 0 Å². The number of hydrogen-bond acceptors (Lipinski definition) is 3. The lowest BCUT2D eigenvalue weighted by Crippen LogP contribution is -2.04. The average molecular weight is 376 g/mol. The summed E-state index contributed by atoms with van der Waals surface area (Å²) in [5, 5.41) is 9.13. The lowest BCUT2D eigenvalue weighted by Gasteiger charge is -2.09. The summed E-state index contributed by atoms with van der Waals surface area (Å²) in [7, 11) is 0. The van der Waals surface area contributed by atoms with Gasteiger partial charge in [-0.2, -0.15) is 0 Å². The van der Waals surface area contributed by atoms with Crippen LogP contribution in [0.15, 0.2) is 78.9 Å². The summed E-state index contributed by atoms with van der Waals surface area (Å²) in [6.07, 6.45) is 0. The fourth-order valence-electron chi connectivity index (χ4n) is 2.83. The Hall–Kier alpha value is -3.24. The monoisotopic (exact) mass is 376 g/mol. The molecular formula is C24H21FO3. The Morgan fingerprint density at radius 1 is 0.964 bits per heavy atom. The van der Waals surface area contributed by atoms with Gasteiger partial charge in [-0.15, -0.1) is 0 Å². The van der Waals surface area contributed by atoms with E-state index in [0.717, 1.165) is 27.8 Å². The molecule has 3 rings (SSSR count). The Bertz CT molecular complexity index is 1010. The van der Waals surface area contributed by atoms with Gasteiger partial charge in [0.2, 0.25) is 0 Å². The third-order valence-electron chi connectivity index (χ3n) is 4.40. The second kappa shape index (κ2) is 8.63. The first-order chi connectivity index (χ1) is 13.5. The molecule has 0 aliphatic carbocycles. The zero-order valence-electron chi connectivity index (χ0n) is 15.6. The summed E-state index contributed by atoms with van der Waals surface area (Å²) in [5.41, 5.74) is 4.77. The fraction of sp³-hybridized carbons (Fsp3) is 0.125. The van der Waals surface area contributed by atoms with Crippen LogP contribution in [0.2, 0.25) is 0 Å². The van der Waals surface area contributed by atoms with E-state index in [1.54, 1.807) is 37.3 Å². The van der Waals surface area contributed by atoms with Gasteiger partial charge in [0.25, 0.3) is 0 Å². The molecule has 0 unspecified atom stereocenters. The van der Waals surface area contributed by atoms with E-state index in [4.69, 9.17) is 9.84 Å². The lowest BCUT2D eigenvalue weighted by molar-refractivity contribution is -0.140. The predicted molar refractivity (Wildman–Crippen MR) is 108 cm³/mol. The van der Waals surface area contributed by atoms with Crippen LogP contribution in [0, 0.1) is 5.82 Å². The van der Waals surface area contributed by atoms with Gasteiger partial charge in [0.05, 0.1) is 6.61 Å². The van der Waals surface area contributed by atoms with Gasteiger partial charge in [-0.05, 0) is 46.9 Å². The molecule has 3 aromatic carbocycles. The first kappa shape index (κ1) is 19.5. The summed E-state index contributed by atoms with van der Waals surface area (Å²) in [6, 6.07) is 19.7. The van der Waals surface area contributed by atoms with E-state index < -0.39 is 5.97 Å². The SMILES string of the molecule is C=C(C)C(=O)OCc1cccc(-c2ccc(-c3ccc(CO)cc3)c(F)c2)c1. The molecule has 0 aliphatic heterocycles. The highest BCUT2D eigenvalue weighted by atomic mass is 19.1. The molecule has 0 aromatic heterocycles. The highest BCUT2D eigenvalue weighted by Crippen LogP contribution is 2.29. The van der Waals surface area contributed by atoms with Gasteiger partial charge in [-0.25, -0.2) is 9.18 Å². The van der Waals surface area contributed by atoms with Crippen molar-refractivity contribution >= 4 is 5.97 Å². The number of carbonyl (C=O) groups excluding carboxylic acids is 1. The largest absolute Gasteiger partial charge is 0.457 e. The normalized spacial score (nSPS) is 10.5. The van der Waals surface area contributed by atoms with E-state index in [2.05, 4.69) is 6.58 Å². The first-order valence-electron chi connectivity index (χ1n) is 8.89. The Morgan fingerprint density at radius 3 is 2.29 bits per heavy atom. The Balaban J connectivity index is 1.82. The number of aliphatic hydroxyl groups excluding tert-OH is 1. The molecule has 3 nitrogen and oxygen atoms in total. The number of carbonyl (C=O) groups is 1. The molecule has 0 bridgehead atoms. The van der Waals surface area contributed by atoms with E-state index >= 15 is 0 Å². The van der Waals surface area contributed by atoms with Crippen LogP contribution in [0.5, 0.6) is 0 Å². The van der Waals surface area contributed by atoms with E-state index in [-0.39, 0.29) is 19.0 Å². The molecule has 0 radical (unpaired) electrons. The van der Waals surface area contributed by atoms with Crippen molar-refractivity contribution < 1.29 is 19.0 Å². The maximum atomic E-state index is 14.7. The van der Waals surface area contributed by atoms with E-state index in [1.807, 2.05) is 30.3 Å². The van der Waals surface area contributed by atoms with Crippen molar-refractivity contribution in [1.29, 1.82) is 0 Å². The smallest absolute Gasteiger partial charge is 0.333 e. The third-order valence-corrected chi connectivity index (χ3v) is 4.40. The van der Waals surface area contributed by atoms with Crippen LogP contribution in [0.4, 0.5) is 4.39 Å². The molecule has 28 heavy (non-hydrogen) atoms. The Labute approximate surface area is 163 Å². The number of esters is 1. The number of aliphatic hydroxyl groups is 1. The fourth-order valence-corrected chi connectivity index (χ4v) is 2.83. The minimum atomic E-state index is -0.437. The molecule has 0 saturated carbocycles. The molecule has 3 aromatic rings. The summed E-state index contributed by atoms with van der Waals surface area (Å²) in [6.45, 7) is 5.25. The van der Waals surface area contributed by atoms with E-state index in [0.29, 0.717) is 11.1 Å².